The van der Waals surface area contributed by atoms with Gasteiger partial charge < -0.3 is 20.4 Å². The van der Waals surface area contributed by atoms with E-state index < -0.39 is 0 Å². The Morgan fingerprint density at radius 2 is 2.08 bits per heavy atom. The third kappa shape index (κ3) is 4.12. The summed E-state index contributed by atoms with van der Waals surface area (Å²) in [7, 11) is 4.00. The van der Waals surface area contributed by atoms with Gasteiger partial charge in [-0.25, -0.2) is 9.97 Å². The van der Waals surface area contributed by atoms with E-state index in [1.165, 1.54) is 12.5 Å². The summed E-state index contributed by atoms with van der Waals surface area (Å²) in [4.78, 5) is 37.1. The Hall–Kier alpha value is -2.22. The van der Waals surface area contributed by atoms with E-state index in [1.807, 2.05) is 11.9 Å². The first-order chi connectivity index (χ1) is 12.5. The summed E-state index contributed by atoms with van der Waals surface area (Å²) in [5.41, 5.74) is 2.30. The number of hydrogen-bond donors (Lipinski definition) is 2. The zero-order chi connectivity index (χ0) is 18.7. The Kier molecular flexibility index (Phi) is 5.70. The van der Waals surface area contributed by atoms with Crippen molar-refractivity contribution in [1.82, 2.24) is 25.1 Å². The number of aromatic nitrogens is 2. The molecule has 26 heavy (non-hydrogen) atoms. The van der Waals surface area contributed by atoms with E-state index in [0.29, 0.717) is 6.54 Å². The van der Waals surface area contributed by atoms with Gasteiger partial charge in [0, 0.05) is 58.1 Å². The SMILES string of the molecule is CNc1nc([C@H]2CCCN(C(=O)CNC(C)=O)C2)nc2c1CN(C)CC2. The molecule has 1 aromatic rings. The van der Waals surface area contributed by atoms with Crippen LogP contribution in [0.25, 0.3) is 0 Å². The lowest BCUT2D eigenvalue weighted by Gasteiger charge is -2.33. The lowest BCUT2D eigenvalue weighted by molar-refractivity contribution is -0.133. The van der Waals surface area contributed by atoms with Gasteiger partial charge in [0.25, 0.3) is 0 Å². The molecule has 1 saturated heterocycles. The number of amides is 2. The maximum Gasteiger partial charge on any atom is 0.241 e. The number of nitrogens with one attached hydrogen (secondary N) is 2. The topological polar surface area (TPSA) is 90.5 Å². The lowest BCUT2D eigenvalue weighted by atomic mass is 9.96. The molecule has 2 aliphatic heterocycles. The summed E-state index contributed by atoms with van der Waals surface area (Å²) in [6, 6.07) is 0. The number of carbonyl (C=O) groups is 2. The van der Waals surface area contributed by atoms with Crippen LogP contribution in [0.1, 0.15) is 42.8 Å². The summed E-state index contributed by atoms with van der Waals surface area (Å²) >= 11 is 0. The van der Waals surface area contributed by atoms with Crippen molar-refractivity contribution in [2.75, 3.05) is 45.6 Å². The molecule has 8 nitrogen and oxygen atoms in total. The summed E-state index contributed by atoms with van der Waals surface area (Å²) in [5, 5.41) is 5.80. The van der Waals surface area contributed by atoms with E-state index in [2.05, 4.69) is 22.6 Å². The highest BCUT2D eigenvalue weighted by Gasteiger charge is 2.29. The van der Waals surface area contributed by atoms with Crippen LogP contribution in [0.15, 0.2) is 0 Å². The van der Waals surface area contributed by atoms with Gasteiger partial charge in [-0.3, -0.25) is 9.59 Å². The molecular formula is C18H28N6O2. The van der Waals surface area contributed by atoms with Gasteiger partial charge in [0.2, 0.25) is 11.8 Å². The molecule has 1 aromatic heterocycles. The van der Waals surface area contributed by atoms with E-state index in [9.17, 15) is 9.59 Å². The van der Waals surface area contributed by atoms with Crippen LogP contribution in [0.3, 0.4) is 0 Å². The minimum absolute atomic E-state index is 0.0432. The summed E-state index contributed by atoms with van der Waals surface area (Å²) in [6.45, 7) is 4.67. The molecule has 142 valence electrons. The highest BCUT2D eigenvalue weighted by atomic mass is 16.2. The van der Waals surface area contributed by atoms with Crippen LogP contribution in [0, 0.1) is 0 Å². The Labute approximate surface area is 154 Å². The van der Waals surface area contributed by atoms with Crippen LogP contribution in [-0.2, 0) is 22.6 Å². The predicted molar refractivity (Wildman–Crippen MR) is 98.9 cm³/mol. The summed E-state index contributed by atoms with van der Waals surface area (Å²) in [5.74, 6) is 1.64. The fraction of sp³-hybridized carbons (Fsp3) is 0.667. The predicted octanol–water partition coefficient (Wildman–Crippen LogP) is 0.348. The fourth-order valence-corrected chi connectivity index (χ4v) is 3.68. The molecule has 3 rings (SSSR count). The van der Waals surface area contributed by atoms with Crippen molar-refractivity contribution in [3.63, 3.8) is 0 Å². The minimum atomic E-state index is -0.187. The number of likely N-dealkylation sites (N-methyl/N-ethyl adjacent to an activating group) is 1. The molecule has 1 atom stereocenters. The number of nitrogens with zero attached hydrogens (tertiary/aromatic N) is 4. The van der Waals surface area contributed by atoms with Crippen LogP contribution in [0.4, 0.5) is 5.82 Å². The molecular weight excluding hydrogens is 332 g/mol. The Balaban J connectivity index is 1.76. The van der Waals surface area contributed by atoms with Gasteiger partial charge in [0.05, 0.1) is 12.2 Å². The quantitative estimate of drug-likeness (QED) is 0.805. The van der Waals surface area contributed by atoms with Crippen molar-refractivity contribution < 1.29 is 9.59 Å². The van der Waals surface area contributed by atoms with Gasteiger partial charge in [0.1, 0.15) is 11.6 Å². The van der Waals surface area contributed by atoms with Crippen LogP contribution < -0.4 is 10.6 Å². The van der Waals surface area contributed by atoms with Gasteiger partial charge in [-0.2, -0.15) is 0 Å². The molecule has 2 amide bonds. The maximum atomic E-state index is 12.3. The van der Waals surface area contributed by atoms with E-state index in [4.69, 9.17) is 9.97 Å². The maximum absolute atomic E-state index is 12.3. The number of anilines is 1. The molecule has 0 radical (unpaired) electrons. The fourth-order valence-electron chi connectivity index (χ4n) is 3.68. The standard InChI is InChI=1S/C18H28N6O2/c1-12(25)20-9-16(26)24-7-4-5-13(10-24)17-21-15-6-8-23(3)11-14(15)18(19-2)22-17/h13H,4-11H2,1-3H3,(H,20,25)(H,19,21,22)/t13-/m0/s1. The molecule has 0 unspecified atom stereocenters. The third-order valence-corrected chi connectivity index (χ3v) is 5.13. The molecule has 2 N–H and O–H groups in total. The van der Waals surface area contributed by atoms with E-state index in [0.717, 1.165) is 56.2 Å². The van der Waals surface area contributed by atoms with Crippen molar-refractivity contribution in [2.24, 2.45) is 0 Å². The van der Waals surface area contributed by atoms with E-state index >= 15 is 0 Å². The number of rotatable bonds is 4. The van der Waals surface area contributed by atoms with E-state index in [-0.39, 0.29) is 24.3 Å². The zero-order valence-electron chi connectivity index (χ0n) is 15.8. The first-order valence-corrected chi connectivity index (χ1v) is 9.26. The van der Waals surface area contributed by atoms with Crippen LogP contribution in [-0.4, -0.2) is 71.9 Å². The number of fused-ring (bicyclic) bond motifs is 1. The first-order valence-electron chi connectivity index (χ1n) is 9.26. The van der Waals surface area contributed by atoms with Crippen molar-refractivity contribution in [3.8, 4) is 0 Å². The summed E-state index contributed by atoms with van der Waals surface area (Å²) < 4.78 is 0. The molecule has 3 heterocycles. The van der Waals surface area contributed by atoms with Crippen molar-refractivity contribution in [3.05, 3.63) is 17.1 Å². The monoisotopic (exact) mass is 360 g/mol. The number of likely N-dealkylation sites (tertiary alicyclic amines) is 1. The lowest BCUT2D eigenvalue weighted by Crippen LogP contribution is -2.44. The highest BCUT2D eigenvalue weighted by Crippen LogP contribution is 2.29. The second-order valence-corrected chi connectivity index (χ2v) is 7.18. The van der Waals surface area contributed by atoms with Gasteiger partial charge in [-0.05, 0) is 19.9 Å². The number of hydrogen-bond acceptors (Lipinski definition) is 6. The average Bonchev–Trinajstić information content (AvgIpc) is 2.65. The smallest absolute Gasteiger partial charge is 0.241 e. The molecule has 8 heteroatoms. The van der Waals surface area contributed by atoms with Crippen molar-refractivity contribution in [2.45, 2.75) is 38.6 Å². The molecule has 0 bridgehead atoms. The molecule has 2 aliphatic rings. The van der Waals surface area contributed by atoms with Crippen molar-refractivity contribution in [1.29, 1.82) is 0 Å². The second kappa shape index (κ2) is 7.99. The summed E-state index contributed by atoms with van der Waals surface area (Å²) in [6.07, 6.45) is 2.83. The number of carbonyl (C=O) groups excluding carboxylic acids is 2. The van der Waals surface area contributed by atoms with Crippen LogP contribution >= 0.6 is 0 Å². The van der Waals surface area contributed by atoms with Gasteiger partial charge in [0.15, 0.2) is 0 Å². The Morgan fingerprint density at radius 3 is 2.81 bits per heavy atom. The molecule has 0 spiro atoms. The van der Waals surface area contributed by atoms with E-state index in [1.54, 1.807) is 0 Å². The Morgan fingerprint density at radius 1 is 1.27 bits per heavy atom. The van der Waals surface area contributed by atoms with Crippen LogP contribution in [0.5, 0.6) is 0 Å². The second-order valence-electron chi connectivity index (χ2n) is 7.18. The van der Waals surface area contributed by atoms with Crippen molar-refractivity contribution >= 4 is 17.6 Å². The zero-order valence-corrected chi connectivity index (χ0v) is 15.8. The van der Waals surface area contributed by atoms with Gasteiger partial charge in [-0.1, -0.05) is 0 Å². The highest BCUT2D eigenvalue weighted by molar-refractivity contribution is 5.83. The average molecular weight is 360 g/mol. The van der Waals surface area contributed by atoms with Gasteiger partial charge in [-0.15, -0.1) is 0 Å². The molecule has 1 fully saturated rings. The Bertz CT molecular complexity index is 675. The molecule has 0 aromatic carbocycles. The van der Waals surface area contributed by atoms with Crippen LogP contribution in [0.2, 0.25) is 0 Å². The largest absolute Gasteiger partial charge is 0.373 e. The third-order valence-electron chi connectivity index (χ3n) is 5.13. The molecule has 0 aliphatic carbocycles. The normalized spacial score (nSPS) is 20.4. The minimum Gasteiger partial charge on any atom is -0.373 e. The number of piperidine rings is 1. The van der Waals surface area contributed by atoms with Gasteiger partial charge >= 0.3 is 0 Å². The first kappa shape index (κ1) is 18.6. The molecule has 0 saturated carbocycles.